The van der Waals surface area contributed by atoms with Crippen molar-refractivity contribution in [1.82, 2.24) is 5.32 Å². The van der Waals surface area contributed by atoms with Crippen LogP contribution >= 0.6 is 12.4 Å². The fourth-order valence-corrected chi connectivity index (χ4v) is 3.08. The molecule has 0 unspecified atom stereocenters. The number of fused-ring (bicyclic) bond motifs is 3. The predicted molar refractivity (Wildman–Crippen MR) is 65.9 cm³/mol. The van der Waals surface area contributed by atoms with Crippen molar-refractivity contribution in [2.24, 2.45) is 5.92 Å². The lowest BCUT2D eigenvalue weighted by atomic mass is 9.92. The highest BCUT2D eigenvalue weighted by molar-refractivity contribution is 5.85. The van der Waals surface area contributed by atoms with Gasteiger partial charge in [0.05, 0.1) is 5.56 Å². The van der Waals surface area contributed by atoms with E-state index >= 15 is 0 Å². The van der Waals surface area contributed by atoms with Crippen molar-refractivity contribution in [3.8, 4) is 0 Å². The van der Waals surface area contributed by atoms with E-state index in [9.17, 15) is 13.2 Å². The van der Waals surface area contributed by atoms with E-state index in [1.165, 1.54) is 12.1 Å². The first-order chi connectivity index (χ1) is 8.05. The first kappa shape index (κ1) is 13.7. The minimum atomic E-state index is -4.23. The Hall–Kier alpha value is -0.740. The lowest BCUT2D eigenvalue weighted by Crippen LogP contribution is -2.31. The zero-order valence-corrected chi connectivity index (χ0v) is 10.6. The Balaban J connectivity index is 0.00000120. The van der Waals surface area contributed by atoms with Gasteiger partial charge in [0, 0.05) is 6.04 Å². The summed E-state index contributed by atoms with van der Waals surface area (Å²) < 4.78 is 37.8. The van der Waals surface area contributed by atoms with Crippen molar-refractivity contribution in [2.75, 3.05) is 6.54 Å². The van der Waals surface area contributed by atoms with Gasteiger partial charge in [-0.05, 0) is 55.0 Å². The van der Waals surface area contributed by atoms with Crippen LogP contribution in [0, 0.1) is 5.92 Å². The first-order valence-electron chi connectivity index (χ1n) is 5.99. The molecule has 1 aliphatic heterocycles. The van der Waals surface area contributed by atoms with Gasteiger partial charge < -0.3 is 5.32 Å². The maximum Gasteiger partial charge on any atom is 0.416 e. The van der Waals surface area contributed by atoms with Crippen LogP contribution in [0.2, 0.25) is 0 Å². The molecule has 0 amide bonds. The molecule has 1 fully saturated rings. The summed E-state index contributed by atoms with van der Waals surface area (Å²) >= 11 is 0. The zero-order valence-electron chi connectivity index (χ0n) is 9.76. The van der Waals surface area contributed by atoms with Gasteiger partial charge in [-0.15, -0.1) is 12.4 Å². The topological polar surface area (TPSA) is 12.0 Å². The van der Waals surface area contributed by atoms with Crippen LogP contribution in [0.1, 0.15) is 35.6 Å². The molecule has 1 saturated heterocycles. The Bertz CT molecular complexity index is 444. The van der Waals surface area contributed by atoms with E-state index in [1.807, 2.05) is 0 Å². The summed E-state index contributed by atoms with van der Waals surface area (Å²) in [6, 6.07) is 4.47. The van der Waals surface area contributed by atoms with E-state index in [-0.39, 0.29) is 18.4 Å². The number of benzene rings is 1. The highest BCUT2D eigenvalue weighted by Crippen LogP contribution is 2.42. The second-order valence-electron chi connectivity index (χ2n) is 4.95. The van der Waals surface area contributed by atoms with E-state index in [0.717, 1.165) is 36.9 Å². The van der Waals surface area contributed by atoms with Crippen molar-refractivity contribution >= 4 is 12.4 Å². The fraction of sp³-hybridized carbons (Fsp3) is 0.538. The van der Waals surface area contributed by atoms with Gasteiger partial charge in [0.15, 0.2) is 0 Å². The van der Waals surface area contributed by atoms with Gasteiger partial charge in [-0.3, -0.25) is 0 Å². The lowest BCUT2D eigenvalue weighted by molar-refractivity contribution is -0.137. The Morgan fingerprint density at radius 3 is 2.72 bits per heavy atom. The molecular formula is C13H15ClF3N. The highest BCUT2D eigenvalue weighted by atomic mass is 35.5. The quantitative estimate of drug-likeness (QED) is 0.762. The van der Waals surface area contributed by atoms with Gasteiger partial charge >= 0.3 is 6.18 Å². The predicted octanol–water partition coefficient (Wildman–Crippen LogP) is 3.72. The Labute approximate surface area is 110 Å². The smallest absolute Gasteiger partial charge is 0.310 e. The van der Waals surface area contributed by atoms with Crippen molar-refractivity contribution in [3.63, 3.8) is 0 Å². The fourth-order valence-electron chi connectivity index (χ4n) is 3.08. The second-order valence-corrected chi connectivity index (χ2v) is 4.95. The van der Waals surface area contributed by atoms with Gasteiger partial charge in [-0.2, -0.15) is 13.2 Å². The number of piperidine rings is 1. The van der Waals surface area contributed by atoms with E-state index in [2.05, 4.69) is 5.32 Å². The van der Waals surface area contributed by atoms with Crippen LogP contribution in [0.4, 0.5) is 13.2 Å². The molecule has 18 heavy (non-hydrogen) atoms. The third-order valence-corrected chi connectivity index (χ3v) is 3.87. The summed E-state index contributed by atoms with van der Waals surface area (Å²) in [5.41, 5.74) is 1.43. The standard InChI is InChI=1S/C13H14F3N.ClH/c14-13(15,16)10-3-4-11-9(7-10)6-8-2-1-5-17-12(8)11;/h3-4,7-8,12,17H,1-2,5-6H2;1H/t8-,12-;/m1./s1. The molecule has 100 valence electrons. The summed E-state index contributed by atoms with van der Waals surface area (Å²) in [5.74, 6) is 0.488. The molecule has 1 N–H and O–H groups in total. The summed E-state index contributed by atoms with van der Waals surface area (Å²) in [6.45, 7) is 0.974. The Morgan fingerprint density at radius 1 is 1.22 bits per heavy atom. The summed E-state index contributed by atoms with van der Waals surface area (Å²) in [5, 5.41) is 3.41. The second kappa shape index (κ2) is 4.74. The minimum absolute atomic E-state index is 0. The largest absolute Gasteiger partial charge is 0.416 e. The first-order valence-corrected chi connectivity index (χ1v) is 5.99. The molecule has 0 saturated carbocycles. The summed E-state index contributed by atoms with van der Waals surface area (Å²) in [4.78, 5) is 0. The molecule has 3 rings (SSSR count). The van der Waals surface area contributed by atoms with Crippen LogP contribution in [0.15, 0.2) is 18.2 Å². The van der Waals surface area contributed by atoms with Gasteiger partial charge in [0.2, 0.25) is 0 Å². The van der Waals surface area contributed by atoms with Crippen LogP contribution < -0.4 is 5.32 Å². The molecular weight excluding hydrogens is 263 g/mol. The third-order valence-electron chi connectivity index (χ3n) is 3.87. The zero-order chi connectivity index (χ0) is 12.0. The number of rotatable bonds is 0. The van der Waals surface area contributed by atoms with Crippen LogP contribution in [0.5, 0.6) is 0 Å². The molecule has 0 bridgehead atoms. The van der Waals surface area contributed by atoms with Crippen molar-refractivity contribution in [1.29, 1.82) is 0 Å². The van der Waals surface area contributed by atoms with Crippen LogP contribution in [0.25, 0.3) is 0 Å². The number of hydrogen-bond acceptors (Lipinski definition) is 1. The van der Waals surface area contributed by atoms with Gasteiger partial charge in [-0.25, -0.2) is 0 Å². The van der Waals surface area contributed by atoms with E-state index in [1.54, 1.807) is 6.07 Å². The van der Waals surface area contributed by atoms with Gasteiger partial charge in [0.25, 0.3) is 0 Å². The average Bonchev–Trinajstić information content (AvgIpc) is 2.65. The molecule has 1 aromatic carbocycles. The Morgan fingerprint density at radius 2 is 2.00 bits per heavy atom. The van der Waals surface area contributed by atoms with E-state index < -0.39 is 11.7 Å². The molecule has 5 heteroatoms. The van der Waals surface area contributed by atoms with Crippen LogP contribution in [-0.4, -0.2) is 6.54 Å². The normalized spacial score (nSPS) is 26.2. The average molecular weight is 278 g/mol. The van der Waals surface area contributed by atoms with Crippen LogP contribution in [-0.2, 0) is 12.6 Å². The number of hydrogen-bond donors (Lipinski definition) is 1. The molecule has 0 aromatic heterocycles. The minimum Gasteiger partial charge on any atom is -0.310 e. The maximum atomic E-state index is 12.6. The number of nitrogens with one attached hydrogen (secondary N) is 1. The highest BCUT2D eigenvalue weighted by Gasteiger charge is 2.37. The molecule has 1 nitrogen and oxygen atoms in total. The summed E-state index contributed by atoms with van der Waals surface area (Å²) in [6.07, 6.45) is -1.19. The molecule has 1 aromatic rings. The van der Waals surface area contributed by atoms with Crippen molar-refractivity contribution in [2.45, 2.75) is 31.5 Å². The van der Waals surface area contributed by atoms with Crippen LogP contribution in [0.3, 0.4) is 0 Å². The SMILES string of the molecule is Cl.FC(F)(F)c1ccc2c(c1)C[C@H]1CCCN[C@@H]21. The van der Waals surface area contributed by atoms with Gasteiger partial charge in [-0.1, -0.05) is 6.07 Å². The van der Waals surface area contributed by atoms with E-state index in [0.29, 0.717) is 5.92 Å². The van der Waals surface area contributed by atoms with Crippen molar-refractivity contribution in [3.05, 3.63) is 34.9 Å². The third kappa shape index (κ3) is 2.24. The molecule has 0 spiro atoms. The molecule has 2 aliphatic rings. The molecule has 1 aliphatic carbocycles. The monoisotopic (exact) mass is 277 g/mol. The van der Waals surface area contributed by atoms with Crippen molar-refractivity contribution < 1.29 is 13.2 Å². The molecule has 1 heterocycles. The number of alkyl halides is 3. The number of halogens is 4. The Kier molecular flexibility index (Phi) is 3.60. The summed E-state index contributed by atoms with van der Waals surface area (Å²) in [7, 11) is 0. The van der Waals surface area contributed by atoms with Gasteiger partial charge in [0.1, 0.15) is 0 Å². The maximum absolute atomic E-state index is 12.6. The lowest BCUT2D eigenvalue weighted by Gasteiger charge is -2.27. The molecule has 0 radical (unpaired) electrons. The van der Waals surface area contributed by atoms with E-state index in [4.69, 9.17) is 0 Å². The molecule has 2 atom stereocenters.